The Bertz CT molecular complexity index is 780. The summed E-state index contributed by atoms with van der Waals surface area (Å²) in [6.45, 7) is 5.65. The lowest BCUT2D eigenvalue weighted by Gasteiger charge is -2.06. The Hall–Kier alpha value is -1.95. The van der Waals surface area contributed by atoms with Gasteiger partial charge >= 0.3 is 0 Å². The fourth-order valence-electron chi connectivity index (χ4n) is 2.23. The maximum Gasteiger partial charge on any atom is 0.178 e. The zero-order valence-corrected chi connectivity index (χ0v) is 11.7. The Labute approximate surface area is 115 Å². The summed E-state index contributed by atoms with van der Waals surface area (Å²) in [6.07, 6.45) is 1.75. The van der Waals surface area contributed by atoms with E-state index in [0.717, 1.165) is 23.4 Å². The van der Waals surface area contributed by atoms with Gasteiger partial charge in [0.15, 0.2) is 10.6 Å². The molecular weight excluding hydrogens is 258 g/mol. The average Bonchev–Trinajstić information content (AvgIpc) is 2.96. The van der Waals surface area contributed by atoms with Crippen molar-refractivity contribution in [3.05, 3.63) is 40.7 Å². The highest BCUT2D eigenvalue weighted by atomic mass is 32.1. The largest absolute Gasteiger partial charge is 0.331 e. The van der Waals surface area contributed by atoms with E-state index >= 15 is 0 Å². The first-order valence-electron chi connectivity index (χ1n) is 6.25. The number of rotatable bonds is 3. The lowest BCUT2D eigenvalue weighted by molar-refractivity contribution is 0.655. The minimum Gasteiger partial charge on any atom is -0.331 e. The molecule has 0 atom stereocenters. The van der Waals surface area contributed by atoms with Crippen molar-refractivity contribution in [3.8, 4) is 0 Å². The molecule has 0 saturated heterocycles. The lowest BCUT2D eigenvalue weighted by atomic mass is 10.2. The molecule has 0 radical (unpaired) electrons. The summed E-state index contributed by atoms with van der Waals surface area (Å²) in [5.74, 6) is 0.918. The highest BCUT2D eigenvalue weighted by Gasteiger charge is 2.09. The van der Waals surface area contributed by atoms with Gasteiger partial charge in [-0.1, -0.05) is 6.07 Å². The van der Waals surface area contributed by atoms with Crippen molar-refractivity contribution in [1.29, 1.82) is 0 Å². The van der Waals surface area contributed by atoms with E-state index in [-0.39, 0.29) is 0 Å². The zero-order chi connectivity index (χ0) is 13.4. The second-order valence-corrected chi connectivity index (χ2v) is 4.96. The Morgan fingerprint density at radius 2 is 2.21 bits per heavy atom. The molecule has 2 heterocycles. The maximum atomic E-state index is 5.40. The monoisotopic (exact) mass is 273 g/mol. The fourth-order valence-corrected chi connectivity index (χ4v) is 2.50. The second-order valence-electron chi connectivity index (χ2n) is 4.57. The van der Waals surface area contributed by atoms with Crippen LogP contribution in [0.5, 0.6) is 0 Å². The first kappa shape index (κ1) is 12.1. The number of imidazole rings is 1. The number of nitrogens with one attached hydrogen (secondary N) is 1. The van der Waals surface area contributed by atoms with Crippen molar-refractivity contribution in [2.24, 2.45) is 0 Å². The van der Waals surface area contributed by atoms with Crippen LogP contribution < -0.4 is 0 Å². The Morgan fingerprint density at radius 3 is 3.00 bits per heavy atom. The van der Waals surface area contributed by atoms with Gasteiger partial charge in [0.1, 0.15) is 6.33 Å². The predicted octanol–water partition coefficient (Wildman–Crippen LogP) is 2.67. The van der Waals surface area contributed by atoms with Gasteiger partial charge in [0, 0.05) is 6.54 Å². The molecule has 0 aliphatic heterocycles. The number of aromatic amines is 1. The summed E-state index contributed by atoms with van der Waals surface area (Å²) >= 11 is 5.40. The maximum absolute atomic E-state index is 5.40. The van der Waals surface area contributed by atoms with Crippen LogP contribution in [0.1, 0.15) is 18.3 Å². The van der Waals surface area contributed by atoms with Crippen molar-refractivity contribution in [2.75, 3.05) is 0 Å². The number of hydrogen-bond donors (Lipinski definition) is 1. The molecule has 3 rings (SSSR count). The van der Waals surface area contributed by atoms with Crippen molar-refractivity contribution >= 4 is 23.3 Å². The van der Waals surface area contributed by atoms with E-state index in [1.54, 1.807) is 6.33 Å². The minimum absolute atomic E-state index is 0.635. The lowest BCUT2D eigenvalue weighted by Crippen LogP contribution is -2.07. The van der Waals surface area contributed by atoms with E-state index in [2.05, 4.69) is 51.8 Å². The Kier molecular flexibility index (Phi) is 2.94. The molecule has 1 N–H and O–H groups in total. The summed E-state index contributed by atoms with van der Waals surface area (Å²) in [5, 5.41) is 8.12. The molecule has 0 fully saturated rings. The zero-order valence-electron chi connectivity index (χ0n) is 10.9. The number of hydrogen-bond acceptors (Lipinski definition) is 3. The van der Waals surface area contributed by atoms with Crippen LogP contribution in [0.2, 0.25) is 0 Å². The van der Waals surface area contributed by atoms with Crippen LogP contribution in [0.25, 0.3) is 11.0 Å². The third kappa shape index (κ3) is 2.08. The van der Waals surface area contributed by atoms with Crippen LogP contribution in [-0.4, -0.2) is 24.3 Å². The molecule has 5 nitrogen and oxygen atoms in total. The summed E-state index contributed by atoms with van der Waals surface area (Å²) in [4.78, 5) is 3.22. The molecule has 19 heavy (non-hydrogen) atoms. The molecule has 0 spiro atoms. The van der Waals surface area contributed by atoms with E-state index in [4.69, 9.17) is 12.2 Å². The van der Waals surface area contributed by atoms with E-state index < -0.39 is 0 Å². The van der Waals surface area contributed by atoms with Crippen LogP contribution in [0.4, 0.5) is 0 Å². The molecule has 3 aromatic rings. The summed E-state index contributed by atoms with van der Waals surface area (Å²) in [6, 6.07) is 6.27. The summed E-state index contributed by atoms with van der Waals surface area (Å²) < 4.78 is 4.80. The quantitative estimate of drug-likeness (QED) is 0.746. The molecule has 0 aliphatic rings. The minimum atomic E-state index is 0.635. The van der Waals surface area contributed by atoms with Crippen molar-refractivity contribution < 1.29 is 0 Å². The molecule has 0 aliphatic carbocycles. The third-order valence-electron chi connectivity index (χ3n) is 3.27. The number of H-pyrrole nitrogens is 1. The van der Waals surface area contributed by atoms with Crippen LogP contribution in [0.15, 0.2) is 24.5 Å². The average molecular weight is 273 g/mol. The van der Waals surface area contributed by atoms with Gasteiger partial charge < -0.3 is 14.1 Å². The predicted molar refractivity (Wildman–Crippen MR) is 76.7 cm³/mol. The summed E-state index contributed by atoms with van der Waals surface area (Å²) in [7, 11) is 0. The summed E-state index contributed by atoms with van der Waals surface area (Å²) in [5.41, 5.74) is 3.38. The highest BCUT2D eigenvalue weighted by molar-refractivity contribution is 7.71. The molecule has 2 aromatic heterocycles. The van der Waals surface area contributed by atoms with Gasteiger partial charge in [0.25, 0.3) is 0 Å². The molecule has 1 aromatic carbocycles. The number of aryl methyl sites for hydroxylation is 2. The topological polar surface area (TPSA) is 51.4 Å². The number of aromatic nitrogens is 5. The van der Waals surface area contributed by atoms with Crippen LogP contribution in [0.3, 0.4) is 0 Å². The van der Waals surface area contributed by atoms with Gasteiger partial charge in [0.2, 0.25) is 0 Å². The van der Waals surface area contributed by atoms with Crippen molar-refractivity contribution in [1.82, 2.24) is 24.3 Å². The normalized spacial score (nSPS) is 11.3. The van der Waals surface area contributed by atoms with Gasteiger partial charge in [-0.25, -0.2) is 0 Å². The first-order chi connectivity index (χ1) is 9.19. The van der Waals surface area contributed by atoms with Gasteiger partial charge in [-0.05, 0) is 43.8 Å². The van der Waals surface area contributed by atoms with Crippen molar-refractivity contribution in [3.63, 3.8) is 0 Å². The van der Waals surface area contributed by atoms with Gasteiger partial charge in [-0.3, -0.25) is 0 Å². The Balaban J connectivity index is 2.12. The molecule has 0 saturated carbocycles. The van der Waals surface area contributed by atoms with E-state index in [1.165, 1.54) is 5.56 Å². The van der Waals surface area contributed by atoms with Crippen LogP contribution in [0, 0.1) is 11.7 Å². The van der Waals surface area contributed by atoms with Crippen molar-refractivity contribution in [2.45, 2.75) is 26.9 Å². The van der Waals surface area contributed by atoms with Crippen LogP contribution >= 0.6 is 12.2 Å². The number of fused-ring (bicyclic) bond motifs is 1. The molecule has 6 heteroatoms. The van der Waals surface area contributed by atoms with Crippen LogP contribution in [-0.2, 0) is 13.1 Å². The molecular formula is C13H15N5S. The van der Waals surface area contributed by atoms with Gasteiger partial charge in [0.05, 0.1) is 17.6 Å². The highest BCUT2D eigenvalue weighted by Crippen LogP contribution is 2.17. The Morgan fingerprint density at radius 1 is 1.37 bits per heavy atom. The standard InChI is InChI=1S/C13H15N5S/c1-3-17-8-14-16-12(17)7-18-11-6-9(2)4-5-10(11)15-13(18)19/h4-6,8H,3,7H2,1-2H3,(H,15,19). The fraction of sp³-hybridized carbons (Fsp3) is 0.308. The number of nitrogens with zero attached hydrogens (tertiary/aromatic N) is 4. The SMILES string of the molecule is CCn1cnnc1Cn1c(=S)[nH]c2ccc(C)cc21. The number of benzene rings is 1. The third-order valence-corrected chi connectivity index (χ3v) is 3.59. The molecule has 0 unspecified atom stereocenters. The van der Waals surface area contributed by atoms with E-state index in [9.17, 15) is 0 Å². The van der Waals surface area contributed by atoms with E-state index in [1.807, 2.05) is 4.57 Å². The molecule has 0 bridgehead atoms. The van der Waals surface area contributed by atoms with E-state index in [0.29, 0.717) is 11.3 Å². The molecule has 0 amide bonds. The van der Waals surface area contributed by atoms with Gasteiger partial charge in [-0.2, -0.15) is 0 Å². The second kappa shape index (κ2) is 4.62. The molecule has 98 valence electrons. The smallest absolute Gasteiger partial charge is 0.178 e. The first-order valence-corrected chi connectivity index (χ1v) is 6.65. The van der Waals surface area contributed by atoms with Gasteiger partial charge in [-0.15, -0.1) is 10.2 Å².